The highest BCUT2D eigenvalue weighted by Gasteiger charge is 2.13. The molecule has 8 heteroatoms. The van der Waals surface area contributed by atoms with Crippen LogP contribution in [0.3, 0.4) is 0 Å². The number of halogens is 3. The van der Waals surface area contributed by atoms with Gasteiger partial charge in [-0.05, 0) is 6.07 Å². The Balaban J connectivity index is 2.39. The first-order valence-corrected chi connectivity index (χ1v) is 6.26. The van der Waals surface area contributed by atoms with E-state index in [1.165, 1.54) is 12.1 Å². The minimum Gasteiger partial charge on any atom is -0.448 e. The Hall–Kier alpha value is -1.53. The van der Waals surface area contributed by atoms with Crippen molar-refractivity contribution in [2.75, 3.05) is 6.61 Å². The second kappa shape index (κ2) is 5.63. The zero-order chi connectivity index (χ0) is 14.0. The third-order valence-electron chi connectivity index (χ3n) is 2.55. The molecule has 0 atom stereocenters. The highest BCUT2D eigenvalue weighted by Crippen LogP contribution is 2.24. The van der Waals surface area contributed by atoms with E-state index in [4.69, 9.17) is 28.9 Å². The molecule has 1 heterocycles. The number of fused-ring (bicyclic) bond motifs is 1. The van der Waals surface area contributed by atoms with Crippen molar-refractivity contribution in [3.05, 3.63) is 28.8 Å². The van der Waals surface area contributed by atoms with Crippen LogP contribution >= 0.6 is 23.2 Å². The molecule has 1 aromatic carbocycles. The number of carbonyl (C=O) groups is 1. The highest BCUT2D eigenvalue weighted by molar-refractivity contribution is 6.31. The molecule has 0 saturated heterocycles. The second-order valence-corrected chi connectivity index (χ2v) is 4.41. The number of hydrogen-bond acceptors (Lipinski definition) is 3. The highest BCUT2D eigenvalue weighted by atomic mass is 35.5. The number of aromatic nitrogens is 2. The molecule has 0 aliphatic carbocycles. The SMILES string of the molecule is NC(=O)OCCn1c(CCl)nc2cc(Cl)c(F)cc21. The fourth-order valence-corrected chi connectivity index (χ4v) is 2.12. The number of hydrogen-bond donors (Lipinski definition) is 1. The van der Waals surface area contributed by atoms with E-state index in [1.54, 1.807) is 4.57 Å². The Kier molecular flexibility index (Phi) is 4.11. The van der Waals surface area contributed by atoms with Crippen LogP contribution in [0.4, 0.5) is 9.18 Å². The third-order valence-corrected chi connectivity index (χ3v) is 3.08. The Morgan fingerprint density at radius 2 is 2.26 bits per heavy atom. The minimum absolute atomic E-state index is 0.00772. The quantitative estimate of drug-likeness (QED) is 0.883. The number of rotatable bonds is 4. The van der Waals surface area contributed by atoms with Gasteiger partial charge in [0.1, 0.15) is 18.2 Å². The summed E-state index contributed by atoms with van der Waals surface area (Å²) in [4.78, 5) is 14.8. The standard InChI is InChI=1S/C11H10Cl2FN3O2/c12-5-10-16-8-3-6(13)7(14)4-9(8)17(10)1-2-19-11(15)18/h3-4H,1-2,5H2,(H2,15,18). The van der Waals surface area contributed by atoms with E-state index in [2.05, 4.69) is 9.72 Å². The molecule has 0 aliphatic rings. The average Bonchev–Trinajstić information content (AvgIpc) is 2.67. The summed E-state index contributed by atoms with van der Waals surface area (Å²) in [5, 5.41) is -0.00772. The monoisotopic (exact) mass is 305 g/mol. The van der Waals surface area contributed by atoms with E-state index in [-0.39, 0.29) is 24.1 Å². The summed E-state index contributed by atoms with van der Waals surface area (Å²) in [6, 6.07) is 2.69. The van der Waals surface area contributed by atoms with Gasteiger partial charge in [0.25, 0.3) is 0 Å². The van der Waals surface area contributed by atoms with Gasteiger partial charge >= 0.3 is 6.09 Å². The number of benzene rings is 1. The summed E-state index contributed by atoms with van der Waals surface area (Å²) in [6.07, 6.45) is -0.869. The molecule has 0 radical (unpaired) electrons. The Morgan fingerprint density at radius 3 is 2.89 bits per heavy atom. The largest absolute Gasteiger partial charge is 0.448 e. The number of nitrogens with zero attached hydrogens (tertiary/aromatic N) is 2. The van der Waals surface area contributed by atoms with E-state index in [9.17, 15) is 9.18 Å². The lowest BCUT2D eigenvalue weighted by molar-refractivity contribution is 0.152. The third kappa shape index (κ3) is 2.90. The van der Waals surface area contributed by atoms with E-state index in [0.717, 1.165) is 0 Å². The maximum absolute atomic E-state index is 13.5. The van der Waals surface area contributed by atoms with Crippen LogP contribution in [0, 0.1) is 5.82 Å². The smallest absolute Gasteiger partial charge is 0.404 e. The van der Waals surface area contributed by atoms with Crippen molar-refractivity contribution in [2.45, 2.75) is 12.4 Å². The molecule has 0 bridgehead atoms. The van der Waals surface area contributed by atoms with Crippen molar-refractivity contribution >= 4 is 40.3 Å². The van der Waals surface area contributed by atoms with Crippen molar-refractivity contribution in [1.29, 1.82) is 0 Å². The fraction of sp³-hybridized carbons (Fsp3) is 0.273. The number of alkyl halides is 1. The van der Waals surface area contributed by atoms with Gasteiger partial charge in [-0.2, -0.15) is 0 Å². The number of imidazole rings is 1. The molecular weight excluding hydrogens is 296 g/mol. The van der Waals surface area contributed by atoms with Crippen LogP contribution in [0.5, 0.6) is 0 Å². The molecule has 19 heavy (non-hydrogen) atoms. The molecule has 0 spiro atoms. The lowest BCUT2D eigenvalue weighted by Gasteiger charge is -2.07. The van der Waals surface area contributed by atoms with Crippen LogP contribution in [-0.2, 0) is 17.2 Å². The van der Waals surface area contributed by atoms with Gasteiger partial charge in [-0.3, -0.25) is 0 Å². The van der Waals surface area contributed by atoms with Gasteiger partial charge in [-0.15, -0.1) is 11.6 Å². The van der Waals surface area contributed by atoms with E-state index < -0.39 is 11.9 Å². The molecule has 2 N–H and O–H groups in total. The molecule has 102 valence electrons. The van der Waals surface area contributed by atoms with Gasteiger partial charge in [0, 0.05) is 6.07 Å². The van der Waals surface area contributed by atoms with Crippen LogP contribution in [0.2, 0.25) is 5.02 Å². The van der Waals surface area contributed by atoms with E-state index >= 15 is 0 Å². The summed E-state index contributed by atoms with van der Waals surface area (Å²) in [7, 11) is 0. The predicted octanol–water partition coefficient (Wildman–Crippen LogP) is 2.66. The number of amides is 1. The summed E-state index contributed by atoms with van der Waals surface area (Å²) in [5.74, 6) is 0.128. The molecule has 0 aliphatic heterocycles. The number of nitrogens with two attached hydrogens (primary N) is 1. The summed E-state index contributed by atoms with van der Waals surface area (Å²) >= 11 is 11.5. The molecule has 2 aromatic rings. The summed E-state index contributed by atoms with van der Waals surface area (Å²) in [6.45, 7) is 0.331. The summed E-state index contributed by atoms with van der Waals surface area (Å²) < 4.78 is 19.8. The zero-order valence-electron chi connectivity index (χ0n) is 9.70. The van der Waals surface area contributed by atoms with Crippen molar-refractivity contribution in [3.63, 3.8) is 0 Å². The van der Waals surface area contributed by atoms with Gasteiger partial charge in [0.05, 0.1) is 28.5 Å². The lowest BCUT2D eigenvalue weighted by atomic mass is 10.3. The molecule has 2 rings (SSSR count). The van der Waals surface area contributed by atoms with Crippen molar-refractivity contribution in [1.82, 2.24) is 9.55 Å². The van der Waals surface area contributed by atoms with Crippen LogP contribution < -0.4 is 5.73 Å². The van der Waals surface area contributed by atoms with Gasteiger partial charge in [-0.25, -0.2) is 14.2 Å². The first-order chi connectivity index (χ1) is 9.02. The Labute approximate surface area is 118 Å². The van der Waals surface area contributed by atoms with Crippen molar-refractivity contribution in [3.8, 4) is 0 Å². The molecule has 0 fully saturated rings. The first kappa shape index (κ1) is 13.9. The Bertz CT molecular complexity index is 630. The van der Waals surface area contributed by atoms with Gasteiger partial charge in [0.2, 0.25) is 0 Å². The van der Waals surface area contributed by atoms with Gasteiger partial charge in [-0.1, -0.05) is 11.6 Å². The number of ether oxygens (including phenoxy) is 1. The first-order valence-electron chi connectivity index (χ1n) is 5.35. The van der Waals surface area contributed by atoms with Gasteiger partial charge < -0.3 is 15.0 Å². The molecule has 0 saturated carbocycles. The number of carbonyl (C=O) groups excluding carboxylic acids is 1. The molecule has 1 aromatic heterocycles. The molecule has 1 amide bonds. The predicted molar refractivity (Wildman–Crippen MR) is 69.8 cm³/mol. The maximum atomic E-state index is 13.5. The van der Waals surface area contributed by atoms with E-state index in [1.807, 2.05) is 0 Å². The van der Waals surface area contributed by atoms with Crippen molar-refractivity contribution in [2.24, 2.45) is 5.73 Å². The lowest BCUT2D eigenvalue weighted by Crippen LogP contribution is -2.17. The van der Waals surface area contributed by atoms with Gasteiger partial charge in [0.15, 0.2) is 0 Å². The minimum atomic E-state index is -0.869. The van der Waals surface area contributed by atoms with Crippen molar-refractivity contribution < 1.29 is 13.9 Å². The molecule has 0 unspecified atom stereocenters. The summed E-state index contributed by atoms with van der Waals surface area (Å²) in [5.41, 5.74) is 5.93. The second-order valence-electron chi connectivity index (χ2n) is 3.74. The molecule has 5 nitrogen and oxygen atoms in total. The molecular formula is C11H10Cl2FN3O2. The maximum Gasteiger partial charge on any atom is 0.404 e. The van der Waals surface area contributed by atoms with Crippen LogP contribution in [0.25, 0.3) is 11.0 Å². The fourth-order valence-electron chi connectivity index (χ4n) is 1.76. The van der Waals surface area contributed by atoms with E-state index in [0.29, 0.717) is 16.9 Å². The normalized spacial score (nSPS) is 10.9. The Morgan fingerprint density at radius 1 is 1.53 bits per heavy atom. The average molecular weight is 306 g/mol. The zero-order valence-corrected chi connectivity index (χ0v) is 11.2. The number of primary amides is 1. The van der Waals surface area contributed by atoms with Crippen LogP contribution in [0.15, 0.2) is 12.1 Å². The topological polar surface area (TPSA) is 70.1 Å². The van der Waals surface area contributed by atoms with Crippen LogP contribution in [-0.4, -0.2) is 22.3 Å². The van der Waals surface area contributed by atoms with Crippen LogP contribution in [0.1, 0.15) is 5.82 Å².